The van der Waals surface area contributed by atoms with E-state index >= 15 is 0 Å². The van der Waals surface area contributed by atoms with E-state index < -0.39 is 0 Å². The Morgan fingerprint density at radius 1 is 1.11 bits per heavy atom. The number of nitrogens with zero attached hydrogens (tertiary/aromatic N) is 1. The number of hydrogen-bond acceptors (Lipinski definition) is 3. The molecule has 0 spiro atoms. The molecule has 5 heteroatoms. The molecule has 1 atom stereocenters. The molecule has 2 amide bonds. The monoisotopic (exact) mass is 377 g/mol. The third-order valence-corrected chi connectivity index (χ3v) is 5.63. The molecule has 1 unspecified atom stereocenters. The summed E-state index contributed by atoms with van der Waals surface area (Å²) in [7, 11) is 0. The highest BCUT2D eigenvalue weighted by molar-refractivity contribution is 5.98. The Balaban J connectivity index is 1.47. The van der Waals surface area contributed by atoms with Gasteiger partial charge in [-0.1, -0.05) is 24.3 Å². The largest absolute Gasteiger partial charge is 0.376 e. The number of aryl methyl sites for hydroxylation is 2. The summed E-state index contributed by atoms with van der Waals surface area (Å²) in [6.07, 6.45) is 4.10. The second kappa shape index (κ2) is 7.66. The molecule has 2 aromatic rings. The van der Waals surface area contributed by atoms with Crippen LogP contribution in [-0.2, 0) is 11.2 Å². The van der Waals surface area contributed by atoms with Crippen LogP contribution in [0.15, 0.2) is 42.5 Å². The SMILES string of the molecule is Cc1ccc(C(=O)NC2CC2)cc1NCC(=O)N1c2ccccc2CCC1C. The molecule has 2 N–H and O–H groups in total. The van der Waals surface area contributed by atoms with Crippen LogP contribution in [-0.4, -0.2) is 30.4 Å². The number of amides is 2. The smallest absolute Gasteiger partial charge is 0.251 e. The van der Waals surface area contributed by atoms with Gasteiger partial charge in [0.2, 0.25) is 5.91 Å². The summed E-state index contributed by atoms with van der Waals surface area (Å²) in [5.41, 5.74) is 4.72. The van der Waals surface area contributed by atoms with Crippen LogP contribution in [0.3, 0.4) is 0 Å². The second-order valence-electron chi connectivity index (χ2n) is 7.91. The summed E-state index contributed by atoms with van der Waals surface area (Å²) >= 11 is 0. The number of nitrogens with one attached hydrogen (secondary N) is 2. The summed E-state index contributed by atoms with van der Waals surface area (Å²) in [6.45, 7) is 4.28. The van der Waals surface area contributed by atoms with Crippen molar-refractivity contribution in [1.29, 1.82) is 0 Å². The van der Waals surface area contributed by atoms with Gasteiger partial charge in [-0.05, 0) is 68.9 Å². The Hall–Kier alpha value is -2.82. The van der Waals surface area contributed by atoms with E-state index in [2.05, 4.69) is 23.6 Å². The zero-order valence-electron chi connectivity index (χ0n) is 16.5. The minimum atomic E-state index is -0.0459. The highest BCUT2D eigenvalue weighted by atomic mass is 16.2. The Morgan fingerprint density at radius 3 is 2.68 bits per heavy atom. The zero-order chi connectivity index (χ0) is 19.7. The lowest BCUT2D eigenvalue weighted by Crippen LogP contribution is -2.44. The Labute approximate surface area is 166 Å². The fourth-order valence-corrected chi connectivity index (χ4v) is 3.77. The van der Waals surface area contributed by atoms with Gasteiger partial charge in [0, 0.05) is 29.0 Å². The van der Waals surface area contributed by atoms with E-state index in [0.29, 0.717) is 11.6 Å². The minimum absolute atomic E-state index is 0.0459. The van der Waals surface area contributed by atoms with Crippen molar-refractivity contribution in [2.75, 3.05) is 16.8 Å². The van der Waals surface area contributed by atoms with Gasteiger partial charge in [0.15, 0.2) is 0 Å². The number of carbonyl (C=O) groups excluding carboxylic acids is 2. The van der Waals surface area contributed by atoms with Crippen LogP contribution >= 0.6 is 0 Å². The van der Waals surface area contributed by atoms with Crippen molar-refractivity contribution >= 4 is 23.2 Å². The zero-order valence-corrected chi connectivity index (χ0v) is 16.5. The molecular weight excluding hydrogens is 350 g/mol. The third kappa shape index (κ3) is 3.88. The van der Waals surface area contributed by atoms with Crippen LogP contribution in [0, 0.1) is 6.92 Å². The standard InChI is InChI=1S/C23H27N3O2/c1-15-7-9-18(23(28)25-19-11-12-19)13-20(15)24-14-22(27)26-16(2)8-10-17-5-3-4-6-21(17)26/h3-7,9,13,16,19,24H,8,10-12,14H2,1-2H3,(H,25,28). The topological polar surface area (TPSA) is 61.4 Å². The molecule has 0 saturated heterocycles. The maximum absolute atomic E-state index is 13.0. The molecule has 0 radical (unpaired) electrons. The van der Waals surface area contributed by atoms with Gasteiger partial charge in [0.25, 0.3) is 5.91 Å². The van der Waals surface area contributed by atoms with E-state index in [1.54, 1.807) is 0 Å². The molecule has 1 aliphatic carbocycles. The molecule has 2 aliphatic rings. The summed E-state index contributed by atoms with van der Waals surface area (Å²) < 4.78 is 0. The van der Waals surface area contributed by atoms with Gasteiger partial charge in [-0.2, -0.15) is 0 Å². The minimum Gasteiger partial charge on any atom is -0.376 e. The van der Waals surface area contributed by atoms with E-state index in [1.807, 2.05) is 48.2 Å². The number of hydrogen-bond donors (Lipinski definition) is 2. The first-order valence-corrected chi connectivity index (χ1v) is 10.1. The number of rotatable bonds is 5. The lowest BCUT2D eigenvalue weighted by atomic mass is 9.96. The van der Waals surface area contributed by atoms with Crippen LogP contribution in [0.1, 0.15) is 47.7 Å². The molecule has 146 valence electrons. The summed E-state index contributed by atoms with van der Waals surface area (Å²) in [6, 6.07) is 14.2. The average molecular weight is 377 g/mol. The first-order chi connectivity index (χ1) is 13.5. The van der Waals surface area contributed by atoms with Gasteiger partial charge < -0.3 is 15.5 Å². The highest BCUT2D eigenvalue weighted by Crippen LogP contribution is 2.30. The van der Waals surface area contributed by atoms with Crippen LogP contribution in [0.2, 0.25) is 0 Å². The van der Waals surface area contributed by atoms with E-state index in [0.717, 1.165) is 42.6 Å². The molecule has 1 aliphatic heterocycles. The molecule has 0 aromatic heterocycles. The molecule has 1 fully saturated rings. The molecular formula is C23H27N3O2. The average Bonchev–Trinajstić information content (AvgIpc) is 3.51. The van der Waals surface area contributed by atoms with Crippen molar-refractivity contribution in [2.24, 2.45) is 0 Å². The predicted octanol–water partition coefficient (Wildman–Crippen LogP) is 3.67. The lowest BCUT2D eigenvalue weighted by molar-refractivity contribution is -0.117. The van der Waals surface area contributed by atoms with Crippen molar-refractivity contribution in [2.45, 2.75) is 51.6 Å². The number of benzene rings is 2. The quantitative estimate of drug-likeness (QED) is 0.836. The molecule has 4 rings (SSSR count). The van der Waals surface area contributed by atoms with Gasteiger partial charge in [0.05, 0.1) is 6.54 Å². The second-order valence-corrected chi connectivity index (χ2v) is 7.91. The van der Waals surface area contributed by atoms with Crippen molar-refractivity contribution < 1.29 is 9.59 Å². The molecule has 2 aromatic carbocycles. The van der Waals surface area contributed by atoms with Gasteiger partial charge in [-0.3, -0.25) is 9.59 Å². The fraction of sp³-hybridized carbons (Fsp3) is 0.391. The number of para-hydroxylation sites is 1. The van der Waals surface area contributed by atoms with Gasteiger partial charge in [-0.25, -0.2) is 0 Å². The van der Waals surface area contributed by atoms with Crippen molar-refractivity contribution in [1.82, 2.24) is 5.32 Å². The molecule has 1 heterocycles. The maximum atomic E-state index is 13.0. The summed E-state index contributed by atoms with van der Waals surface area (Å²) in [5, 5.41) is 6.26. The Morgan fingerprint density at radius 2 is 1.89 bits per heavy atom. The van der Waals surface area contributed by atoms with Gasteiger partial charge >= 0.3 is 0 Å². The van der Waals surface area contributed by atoms with E-state index in [1.165, 1.54) is 5.56 Å². The maximum Gasteiger partial charge on any atom is 0.251 e. The molecule has 0 bridgehead atoms. The summed E-state index contributed by atoms with van der Waals surface area (Å²) in [5.74, 6) is 0.00217. The number of anilines is 2. The third-order valence-electron chi connectivity index (χ3n) is 5.63. The number of carbonyl (C=O) groups is 2. The van der Waals surface area contributed by atoms with Crippen LogP contribution < -0.4 is 15.5 Å². The lowest BCUT2D eigenvalue weighted by Gasteiger charge is -2.35. The number of fused-ring (bicyclic) bond motifs is 1. The van der Waals surface area contributed by atoms with Crippen LogP contribution in [0.25, 0.3) is 0 Å². The molecule has 28 heavy (non-hydrogen) atoms. The van der Waals surface area contributed by atoms with Crippen molar-refractivity contribution in [3.8, 4) is 0 Å². The van der Waals surface area contributed by atoms with Crippen LogP contribution in [0.4, 0.5) is 11.4 Å². The van der Waals surface area contributed by atoms with Crippen molar-refractivity contribution in [3.63, 3.8) is 0 Å². The van der Waals surface area contributed by atoms with E-state index in [9.17, 15) is 9.59 Å². The van der Waals surface area contributed by atoms with Gasteiger partial charge in [-0.15, -0.1) is 0 Å². The fourth-order valence-electron chi connectivity index (χ4n) is 3.77. The Kier molecular flexibility index (Phi) is 5.07. The van der Waals surface area contributed by atoms with Gasteiger partial charge in [0.1, 0.15) is 0 Å². The Bertz CT molecular complexity index is 904. The predicted molar refractivity (Wildman–Crippen MR) is 112 cm³/mol. The molecule has 1 saturated carbocycles. The first-order valence-electron chi connectivity index (χ1n) is 10.1. The highest BCUT2D eigenvalue weighted by Gasteiger charge is 2.28. The summed E-state index contributed by atoms with van der Waals surface area (Å²) in [4.78, 5) is 27.2. The molecule has 5 nitrogen and oxygen atoms in total. The van der Waals surface area contributed by atoms with Crippen molar-refractivity contribution in [3.05, 3.63) is 59.2 Å². The normalized spacial score (nSPS) is 18.4. The van der Waals surface area contributed by atoms with E-state index in [-0.39, 0.29) is 24.4 Å². The van der Waals surface area contributed by atoms with Crippen LogP contribution in [0.5, 0.6) is 0 Å². The van der Waals surface area contributed by atoms with E-state index in [4.69, 9.17) is 0 Å². The first kappa shape index (κ1) is 18.5.